The lowest BCUT2D eigenvalue weighted by atomic mass is 9.89. The van der Waals surface area contributed by atoms with E-state index >= 15 is 0 Å². The van der Waals surface area contributed by atoms with Gasteiger partial charge in [-0.05, 0) is 12.8 Å². The summed E-state index contributed by atoms with van der Waals surface area (Å²) in [5, 5.41) is 2.98. The van der Waals surface area contributed by atoms with Gasteiger partial charge in [0, 0.05) is 0 Å². The molecule has 1 N–H and O–H groups in total. The second kappa shape index (κ2) is 5.23. The van der Waals surface area contributed by atoms with Gasteiger partial charge in [0.05, 0.1) is 5.54 Å². The molecule has 0 aliphatic carbocycles. The summed E-state index contributed by atoms with van der Waals surface area (Å²) in [6.07, 6.45) is 6.52. The number of amides is 1. The Hall–Kier alpha value is -0.730. The number of carbonyl (C=O) groups excluding carboxylic acids is 1. The summed E-state index contributed by atoms with van der Waals surface area (Å²) >= 11 is 0. The van der Waals surface area contributed by atoms with Gasteiger partial charge in [-0.25, -0.2) is 4.79 Å². The fraction of sp³-hybridized carbons (Fsp3) is 0.909. The number of hydrogen-bond acceptors (Lipinski definition) is 2. The Balaban J connectivity index is 2.46. The lowest BCUT2D eigenvalue weighted by molar-refractivity contribution is 0.169. The van der Waals surface area contributed by atoms with E-state index in [9.17, 15) is 4.79 Å². The number of rotatable bonds is 6. The molecule has 1 saturated heterocycles. The van der Waals surface area contributed by atoms with E-state index in [0.717, 1.165) is 25.7 Å². The quantitative estimate of drug-likeness (QED) is 0.714. The fourth-order valence-corrected chi connectivity index (χ4v) is 1.92. The van der Waals surface area contributed by atoms with Gasteiger partial charge in [-0.3, -0.25) is 0 Å². The maximum Gasteiger partial charge on any atom is 0.407 e. The largest absolute Gasteiger partial charge is 0.447 e. The highest BCUT2D eigenvalue weighted by atomic mass is 16.6. The first kappa shape index (κ1) is 11.3. The Bertz CT molecular complexity index is 184. The van der Waals surface area contributed by atoms with Gasteiger partial charge < -0.3 is 10.1 Å². The molecule has 3 nitrogen and oxygen atoms in total. The molecule has 14 heavy (non-hydrogen) atoms. The van der Waals surface area contributed by atoms with Crippen molar-refractivity contribution in [1.29, 1.82) is 0 Å². The van der Waals surface area contributed by atoms with Crippen molar-refractivity contribution in [2.75, 3.05) is 6.61 Å². The summed E-state index contributed by atoms with van der Waals surface area (Å²) in [5.74, 6) is 0. The molecule has 1 rings (SSSR count). The van der Waals surface area contributed by atoms with Crippen molar-refractivity contribution in [3.05, 3.63) is 0 Å². The molecule has 1 amide bonds. The zero-order chi connectivity index (χ0) is 10.4. The normalized spacial score (nSPS) is 19.1. The SMILES string of the molecule is CCCCC1(CCCC)COC(=O)N1. The second-order valence-corrected chi connectivity index (χ2v) is 4.19. The molecule has 82 valence electrons. The zero-order valence-electron chi connectivity index (χ0n) is 9.27. The molecule has 0 spiro atoms. The molecule has 3 heteroatoms. The number of nitrogens with one attached hydrogen (secondary N) is 1. The van der Waals surface area contributed by atoms with Crippen molar-refractivity contribution < 1.29 is 9.53 Å². The minimum atomic E-state index is -0.239. The maximum atomic E-state index is 11.1. The molecule has 0 bridgehead atoms. The van der Waals surface area contributed by atoms with Gasteiger partial charge in [-0.1, -0.05) is 39.5 Å². The monoisotopic (exact) mass is 199 g/mol. The van der Waals surface area contributed by atoms with E-state index in [1.54, 1.807) is 0 Å². The van der Waals surface area contributed by atoms with Crippen LogP contribution in [0.1, 0.15) is 52.4 Å². The van der Waals surface area contributed by atoms with E-state index < -0.39 is 0 Å². The smallest absolute Gasteiger partial charge is 0.407 e. The van der Waals surface area contributed by atoms with Gasteiger partial charge in [-0.2, -0.15) is 0 Å². The molecule has 0 aromatic carbocycles. The predicted octanol–water partition coefficient (Wildman–Crippen LogP) is 2.85. The molecule has 1 aliphatic heterocycles. The van der Waals surface area contributed by atoms with Crippen molar-refractivity contribution in [1.82, 2.24) is 5.32 Å². The summed E-state index contributed by atoms with van der Waals surface area (Å²) in [6.45, 7) is 4.90. The molecule has 1 aliphatic rings. The van der Waals surface area contributed by atoms with E-state index in [2.05, 4.69) is 19.2 Å². The van der Waals surface area contributed by atoms with Crippen LogP contribution in [0.2, 0.25) is 0 Å². The lowest BCUT2D eigenvalue weighted by Gasteiger charge is -2.26. The van der Waals surface area contributed by atoms with E-state index in [-0.39, 0.29) is 11.6 Å². The Kier molecular flexibility index (Phi) is 4.23. The molecule has 1 heterocycles. The van der Waals surface area contributed by atoms with Crippen LogP contribution in [0.5, 0.6) is 0 Å². The average Bonchev–Trinajstić information content (AvgIpc) is 2.55. The van der Waals surface area contributed by atoms with Crippen LogP contribution in [0.15, 0.2) is 0 Å². The summed E-state index contributed by atoms with van der Waals surface area (Å²) in [5.41, 5.74) is -0.0525. The minimum Gasteiger partial charge on any atom is -0.447 e. The predicted molar refractivity (Wildman–Crippen MR) is 56.3 cm³/mol. The van der Waals surface area contributed by atoms with E-state index in [0.29, 0.717) is 6.61 Å². The van der Waals surface area contributed by atoms with Crippen LogP contribution in [-0.4, -0.2) is 18.2 Å². The van der Waals surface area contributed by atoms with Crippen LogP contribution in [0.25, 0.3) is 0 Å². The summed E-state index contributed by atoms with van der Waals surface area (Å²) in [4.78, 5) is 11.1. The molecule has 0 aromatic rings. The molecular weight excluding hydrogens is 178 g/mol. The first-order chi connectivity index (χ1) is 6.72. The molecule has 0 saturated carbocycles. The number of carbonyl (C=O) groups is 1. The van der Waals surface area contributed by atoms with Crippen molar-refractivity contribution in [3.8, 4) is 0 Å². The molecule has 1 fully saturated rings. The standard InChI is InChI=1S/C11H21NO2/c1-3-5-7-11(8-6-4-2)9-14-10(13)12-11/h3-9H2,1-2H3,(H,12,13). The third-order valence-electron chi connectivity index (χ3n) is 2.86. The Morgan fingerprint density at radius 1 is 1.29 bits per heavy atom. The molecule has 0 radical (unpaired) electrons. The summed E-state index contributed by atoms with van der Waals surface area (Å²) in [7, 11) is 0. The summed E-state index contributed by atoms with van der Waals surface area (Å²) in [6, 6.07) is 0. The fourth-order valence-electron chi connectivity index (χ4n) is 1.92. The highest BCUT2D eigenvalue weighted by Gasteiger charge is 2.37. The number of unbranched alkanes of at least 4 members (excludes halogenated alkanes) is 2. The molecule has 0 aromatic heterocycles. The minimum absolute atomic E-state index is 0.0525. The summed E-state index contributed by atoms with van der Waals surface area (Å²) < 4.78 is 5.01. The van der Waals surface area contributed by atoms with Gasteiger partial charge >= 0.3 is 6.09 Å². The van der Waals surface area contributed by atoms with Gasteiger partial charge in [0.25, 0.3) is 0 Å². The van der Waals surface area contributed by atoms with E-state index in [1.807, 2.05) is 0 Å². The second-order valence-electron chi connectivity index (χ2n) is 4.19. The number of cyclic esters (lactones) is 1. The number of hydrogen-bond donors (Lipinski definition) is 1. The first-order valence-corrected chi connectivity index (χ1v) is 5.67. The van der Waals surface area contributed by atoms with Crippen LogP contribution in [0.4, 0.5) is 4.79 Å². The highest BCUT2D eigenvalue weighted by molar-refractivity contribution is 5.70. The van der Waals surface area contributed by atoms with E-state index in [1.165, 1.54) is 12.8 Å². The Morgan fingerprint density at radius 2 is 1.86 bits per heavy atom. The van der Waals surface area contributed by atoms with Gasteiger partial charge in [0.1, 0.15) is 6.61 Å². The van der Waals surface area contributed by atoms with Gasteiger partial charge in [-0.15, -0.1) is 0 Å². The van der Waals surface area contributed by atoms with Gasteiger partial charge in [0.15, 0.2) is 0 Å². The van der Waals surface area contributed by atoms with Crippen LogP contribution < -0.4 is 5.32 Å². The number of ether oxygens (including phenoxy) is 1. The Labute approximate surface area is 86.2 Å². The zero-order valence-corrected chi connectivity index (χ0v) is 9.27. The molecular formula is C11H21NO2. The van der Waals surface area contributed by atoms with Crippen molar-refractivity contribution in [2.45, 2.75) is 57.9 Å². The van der Waals surface area contributed by atoms with Crippen molar-refractivity contribution in [2.24, 2.45) is 0 Å². The Morgan fingerprint density at radius 3 is 2.21 bits per heavy atom. The van der Waals surface area contributed by atoms with Crippen molar-refractivity contribution in [3.63, 3.8) is 0 Å². The van der Waals surface area contributed by atoms with Crippen LogP contribution in [-0.2, 0) is 4.74 Å². The van der Waals surface area contributed by atoms with Crippen LogP contribution in [0.3, 0.4) is 0 Å². The topological polar surface area (TPSA) is 38.3 Å². The first-order valence-electron chi connectivity index (χ1n) is 5.67. The van der Waals surface area contributed by atoms with Gasteiger partial charge in [0.2, 0.25) is 0 Å². The third-order valence-corrected chi connectivity index (χ3v) is 2.86. The van der Waals surface area contributed by atoms with E-state index in [4.69, 9.17) is 4.74 Å². The third kappa shape index (κ3) is 2.89. The van der Waals surface area contributed by atoms with Crippen molar-refractivity contribution >= 4 is 6.09 Å². The van der Waals surface area contributed by atoms with Crippen LogP contribution >= 0.6 is 0 Å². The highest BCUT2D eigenvalue weighted by Crippen LogP contribution is 2.25. The number of alkyl carbamates (subject to hydrolysis) is 1. The average molecular weight is 199 g/mol. The molecule has 0 unspecified atom stereocenters. The molecule has 0 atom stereocenters. The lowest BCUT2D eigenvalue weighted by Crippen LogP contribution is -2.43. The maximum absolute atomic E-state index is 11.1. The van der Waals surface area contributed by atoms with Crippen LogP contribution in [0, 0.1) is 0 Å².